The second kappa shape index (κ2) is 5.13. The number of methoxy groups -OCH3 is 1. The molecule has 0 bridgehead atoms. The molecule has 0 saturated carbocycles. The van der Waals surface area contributed by atoms with Gasteiger partial charge in [-0.15, -0.1) is 0 Å². The van der Waals surface area contributed by atoms with Gasteiger partial charge in [-0.25, -0.2) is 0 Å². The van der Waals surface area contributed by atoms with Crippen LogP contribution >= 0.6 is 0 Å². The molecule has 0 aliphatic carbocycles. The van der Waals surface area contributed by atoms with Crippen LogP contribution in [-0.2, 0) is 0 Å². The van der Waals surface area contributed by atoms with Gasteiger partial charge in [0.2, 0.25) is 0 Å². The van der Waals surface area contributed by atoms with E-state index in [4.69, 9.17) is 10.5 Å². The van der Waals surface area contributed by atoms with Crippen LogP contribution in [0.2, 0.25) is 0 Å². The number of piperidine rings is 1. The number of H-pyrrole nitrogens is 1. The number of rotatable bonds is 3. The Labute approximate surface area is 116 Å². The van der Waals surface area contributed by atoms with Crippen LogP contribution in [0, 0.1) is 0 Å². The Kier molecular flexibility index (Phi) is 3.31. The van der Waals surface area contributed by atoms with Crippen molar-refractivity contribution in [1.29, 1.82) is 0 Å². The topological polar surface area (TPSA) is 93.0 Å². The largest absolute Gasteiger partial charge is 0.496 e. The maximum Gasteiger partial charge on any atom is 0.250 e. The molecule has 1 fully saturated rings. The number of nitrogens with zero attached hydrogens (tertiary/aromatic N) is 1. The zero-order chi connectivity index (χ0) is 14.1. The number of benzene rings is 1. The van der Waals surface area contributed by atoms with E-state index in [2.05, 4.69) is 15.5 Å². The fourth-order valence-electron chi connectivity index (χ4n) is 2.95. The van der Waals surface area contributed by atoms with Crippen molar-refractivity contribution in [3.05, 3.63) is 23.4 Å². The summed E-state index contributed by atoms with van der Waals surface area (Å²) in [5.41, 5.74) is 7.63. The summed E-state index contributed by atoms with van der Waals surface area (Å²) in [6, 6.07) is 1.85. The lowest BCUT2D eigenvalue weighted by Crippen LogP contribution is -2.28. The molecule has 1 unspecified atom stereocenters. The maximum absolute atomic E-state index is 11.7. The van der Waals surface area contributed by atoms with Gasteiger partial charge in [0.25, 0.3) is 5.91 Å². The molecular formula is C14H18N4O2. The van der Waals surface area contributed by atoms with Crippen molar-refractivity contribution in [1.82, 2.24) is 15.5 Å². The van der Waals surface area contributed by atoms with Crippen LogP contribution in [0.15, 0.2) is 12.3 Å². The number of nitrogens with one attached hydrogen (secondary N) is 2. The van der Waals surface area contributed by atoms with Crippen LogP contribution < -0.4 is 15.8 Å². The summed E-state index contributed by atoms with van der Waals surface area (Å²) in [6.07, 6.45) is 3.87. The Morgan fingerprint density at radius 3 is 3.05 bits per heavy atom. The molecule has 1 amide bonds. The molecule has 1 saturated heterocycles. The van der Waals surface area contributed by atoms with Gasteiger partial charge in [0.15, 0.2) is 0 Å². The lowest BCUT2D eigenvalue weighted by molar-refractivity contribution is 0.100. The molecule has 2 aromatic rings. The molecule has 0 spiro atoms. The first-order chi connectivity index (χ1) is 9.72. The minimum absolute atomic E-state index is 0.330. The Morgan fingerprint density at radius 1 is 1.55 bits per heavy atom. The molecule has 6 heteroatoms. The normalized spacial score (nSPS) is 19.1. The van der Waals surface area contributed by atoms with E-state index in [-0.39, 0.29) is 0 Å². The highest BCUT2D eigenvalue weighted by Gasteiger charge is 2.24. The summed E-state index contributed by atoms with van der Waals surface area (Å²) in [5, 5.41) is 11.0. The van der Waals surface area contributed by atoms with Gasteiger partial charge >= 0.3 is 0 Å². The van der Waals surface area contributed by atoms with Gasteiger partial charge in [-0.2, -0.15) is 5.10 Å². The van der Waals surface area contributed by atoms with E-state index in [1.807, 2.05) is 6.07 Å². The van der Waals surface area contributed by atoms with Gasteiger partial charge in [0.05, 0.1) is 29.8 Å². The van der Waals surface area contributed by atoms with E-state index in [1.165, 1.54) is 0 Å². The van der Waals surface area contributed by atoms with Crippen molar-refractivity contribution < 1.29 is 9.53 Å². The van der Waals surface area contributed by atoms with E-state index >= 15 is 0 Å². The van der Waals surface area contributed by atoms with Crippen molar-refractivity contribution in [3.8, 4) is 5.75 Å². The Hall–Kier alpha value is -2.08. The third-order valence-corrected chi connectivity index (χ3v) is 3.92. The second-order valence-corrected chi connectivity index (χ2v) is 5.11. The summed E-state index contributed by atoms with van der Waals surface area (Å²) in [4.78, 5) is 11.7. The fraction of sp³-hybridized carbons (Fsp3) is 0.429. The Bertz CT molecular complexity index is 644. The van der Waals surface area contributed by atoms with Crippen LogP contribution in [0.25, 0.3) is 10.9 Å². The fourth-order valence-corrected chi connectivity index (χ4v) is 2.95. The Morgan fingerprint density at radius 2 is 2.40 bits per heavy atom. The number of aromatic nitrogens is 2. The summed E-state index contributed by atoms with van der Waals surface area (Å²) in [5.74, 6) is 0.662. The first-order valence-corrected chi connectivity index (χ1v) is 6.77. The molecule has 3 rings (SSSR count). The molecule has 1 aliphatic heterocycles. The quantitative estimate of drug-likeness (QED) is 0.782. The van der Waals surface area contributed by atoms with Crippen molar-refractivity contribution in [3.63, 3.8) is 0 Å². The zero-order valence-electron chi connectivity index (χ0n) is 11.4. The predicted octanol–water partition coefficient (Wildman–Crippen LogP) is 1.14. The SMILES string of the molecule is COc1c(C2CCCNC2)cc(C(N)=O)c2[nH]ncc12. The third kappa shape index (κ3) is 2.02. The standard InChI is InChI=1S/C14H18N4O2/c1-20-13-9(8-3-2-4-16-6-8)5-10(14(15)19)12-11(13)7-17-18-12/h5,7-8,16H,2-4,6H2,1H3,(H2,15,19)(H,17,18). The number of aromatic amines is 1. The average Bonchev–Trinajstić information content (AvgIpc) is 2.95. The Balaban J connectivity index is 2.20. The molecule has 2 heterocycles. The maximum atomic E-state index is 11.7. The number of primary amides is 1. The van der Waals surface area contributed by atoms with E-state index in [0.717, 1.165) is 42.6 Å². The van der Waals surface area contributed by atoms with Crippen LogP contribution in [0.4, 0.5) is 0 Å². The van der Waals surface area contributed by atoms with Gasteiger partial charge in [0.1, 0.15) is 5.75 Å². The molecule has 20 heavy (non-hydrogen) atoms. The number of ether oxygens (including phenoxy) is 1. The number of fused-ring (bicyclic) bond motifs is 1. The highest BCUT2D eigenvalue weighted by Crippen LogP contribution is 2.37. The van der Waals surface area contributed by atoms with Crippen LogP contribution in [0.5, 0.6) is 5.75 Å². The van der Waals surface area contributed by atoms with Gasteiger partial charge in [0, 0.05) is 18.0 Å². The predicted molar refractivity (Wildman–Crippen MR) is 76.0 cm³/mol. The number of hydrogen-bond donors (Lipinski definition) is 3. The first-order valence-electron chi connectivity index (χ1n) is 6.77. The van der Waals surface area contributed by atoms with E-state index < -0.39 is 5.91 Å². The summed E-state index contributed by atoms with van der Waals surface area (Å²) in [7, 11) is 1.64. The smallest absolute Gasteiger partial charge is 0.250 e. The van der Waals surface area contributed by atoms with Crippen molar-refractivity contribution in [2.45, 2.75) is 18.8 Å². The summed E-state index contributed by atoms with van der Waals surface area (Å²) >= 11 is 0. The molecule has 6 nitrogen and oxygen atoms in total. The molecule has 4 N–H and O–H groups in total. The summed E-state index contributed by atoms with van der Waals surface area (Å²) < 4.78 is 5.57. The number of amides is 1. The molecule has 1 aliphatic rings. The van der Waals surface area contributed by atoms with Crippen LogP contribution in [0.1, 0.15) is 34.7 Å². The van der Waals surface area contributed by atoms with Crippen molar-refractivity contribution >= 4 is 16.8 Å². The highest BCUT2D eigenvalue weighted by molar-refractivity contribution is 6.06. The van der Waals surface area contributed by atoms with E-state index in [9.17, 15) is 4.79 Å². The van der Waals surface area contributed by atoms with Gasteiger partial charge in [-0.1, -0.05) is 0 Å². The minimum atomic E-state index is -0.452. The lowest BCUT2D eigenvalue weighted by atomic mass is 9.88. The minimum Gasteiger partial charge on any atom is -0.496 e. The monoisotopic (exact) mass is 274 g/mol. The summed E-state index contributed by atoms with van der Waals surface area (Å²) in [6.45, 7) is 1.92. The molecule has 1 aromatic carbocycles. The average molecular weight is 274 g/mol. The molecule has 106 valence electrons. The molecule has 1 aromatic heterocycles. The third-order valence-electron chi connectivity index (χ3n) is 3.92. The van der Waals surface area contributed by atoms with Gasteiger partial charge in [-0.05, 0) is 25.5 Å². The lowest BCUT2D eigenvalue weighted by Gasteiger charge is -2.25. The number of carbonyl (C=O) groups is 1. The van der Waals surface area contributed by atoms with Gasteiger partial charge in [-0.3, -0.25) is 9.89 Å². The van der Waals surface area contributed by atoms with Gasteiger partial charge < -0.3 is 15.8 Å². The van der Waals surface area contributed by atoms with Crippen molar-refractivity contribution in [2.24, 2.45) is 5.73 Å². The first kappa shape index (κ1) is 12.9. The zero-order valence-corrected chi connectivity index (χ0v) is 11.4. The van der Waals surface area contributed by atoms with E-state index in [0.29, 0.717) is 17.0 Å². The molecular weight excluding hydrogens is 256 g/mol. The highest BCUT2D eigenvalue weighted by atomic mass is 16.5. The second-order valence-electron chi connectivity index (χ2n) is 5.11. The number of hydrogen-bond acceptors (Lipinski definition) is 4. The molecule has 1 atom stereocenters. The van der Waals surface area contributed by atoms with Crippen LogP contribution in [-0.4, -0.2) is 36.3 Å². The van der Waals surface area contributed by atoms with E-state index in [1.54, 1.807) is 13.3 Å². The number of carbonyl (C=O) groups excluding carboxylic acids is 1. The number of nitrogens with two attached hydrogens (primary N) is 1. The van der Waals surface area contributed by atoms with Crippen LogP contribution in [0.3, 0.4) is 0 Å². The van der Waals surface area contributed by atoms with Crippen molar-refractivity contribution in [2.75, 3.05) is 20.2 Å². The molecule has 0 radical (unpaired) electrons.